The van der Waals surface area contributed by atoms with Crippen LogP contribution in [0.1, 0.15) is 29.8 Å². The zero-order valence-electron chi connectivity index (χ0n) is 9.97. The molecule has 0 fully saturated rings. The van der Waals surface area contributed by atoms with E-state index in [0.717, 1.165) is 5.56 Å². The molecule has 1 atom stereocenters. The number of ketones is 1. The summed E-state index contributed by atoms with van der Waals surface area (Å²) in [5.41, 5.74) is 1.11. The molecule has 0 aromatic heterocycles. The Morgan fingerprint density at radius 2 is 2.12 bits per heavy atom. The quantitative estimate of drug-likeness (QED) is 0.476. The van der Waals surface area contributed by atoms with E-state index >= 15 is 0 Å². The summed E-state index contributed by atoms with van der Waals surface area (Å²) in [5, 5.41) is 9.25. The fourth-order valence-corrected chi connectivity index (χ4v) is 1.50. The summed E-state index contributed by atoms with van der Waals surface area (Å²) in [6.45, 7) is 3.49. The molecule has 92 valence electrons. The predicted octanol–water partition coefficient (Wildman–Crippen LogP) is 1.36. The number of carbonyl (C=O) groups excluding carboxylic acids is 2. The van der Waals surface area contributed by atoms with Gasteiger partial charge in [-0.2, -0.15) is 0 Å². The second-order valence-corrected chi connectivity index (χ2v) is 3.80. The lowest BCUT2D eigenvalue weighted by Gasteiger charge is -2.06. The fraction of sp³-hybridized carbons (Fsp3) is 0.385. The Kier molecular flexibility index (Phi) is 4.84. The van der Waals surface area contributed by atoms with Crippen molar-refractivity contribution < 1.29 is 19.4 Å². The van der Waals surface area contributed by atoms with Crippen LogP contribution >= 0.6 is 0 Å². The molecule has 17 heavy (non-hydrogen) atoms. The van der Waals surface area contributed by atoms with Crippen LogP contribution in [-0.2, 0) is 16.0 Å². The van der Waals surface area contributed by atoms with Crippen molar-refractivity contribution in [3.05, 3.63) is 35.4 Å². The standard InChI is InChI=1S/C13H16O4/c1-3-17-13(16)12(15)11-6-4-5-10(8-11)7-9(2)14/h4-6,8-9,14H,3,7H2,1-2H3. The molecule has 0 heterocycles. The summed E-state index contributed by atoms with van der Waals surface area (Å²) < 4.78 is 4.64. The highest BCUT2D eigenvalue weighted by atomic mass is 16.5. The minimum Gasteiger partial charge on any atom is -0.460 e. The summed E-state index contributed by atoms with van der Waals surface area (Å²) in [4.78, 5) is 22.9. The molecule has 0 aliphatic carbocycles. The Labute approximate surface area is 100 Å². The first-order valence-electron chi connectivity index (χ1n) is 5.53. The van der Waals surface area contributed by atoms with Gasteiger partial charge in [0.05, 0.1) is 12.7 Å². The van der Waals surface area contributed by atoms with Gasteiger partial charge in [0.2, 0.25) is 0 Å². The molecule has 1 N–H and O–H groups in total. The third-order valence-electron chi connectivity index (χ3n) is 2.18. The van der Waals surface area contributed by atoms with Gasteiger partial charge in [0.25, 0.3) is 5.78 Å². The minimum absolute atomic E-state index is 0.179. The first-order chi connectivity index (χ1) is 8.04. The lowest BCUT2D eigenvalue weighted by molar-refractivity contribution is -0.137. The van der Waals surface area contributed by atoms with Crippen LogP contribution in [0.4, 0.5) is 0 Å². The van der Waals surface area contributed by atoms with E-state index in [1.165, 1.54) is 0 Å². The van der Waals surface area contributed by atoms with Gasteiger partial charge in [-0.25, -0.2) is 4.79 Å². The zero-order valence-corrected chi connectivity index (χ0v) is 9.97. The highest BCUT2D eigenvalue weighted by molar-refractivity contribution is 6.40. The van der Waals surface area contributed by atoms with Crippen LogP contribution < -0.4 is 0 Å². The number of ether oxygens (including phenoxy) is 1. The second kappa shape index (κ2) is 6.15. The largest absolute Gasteiger partial charge is 0.460 e. The van der Waals surface area contributed by atoms with E-state index in [-0.39, 0.29) is 6.61 Å². The predicted molar refractivity (Wildman–Crippen MR) is 62.8 cm³/mol. The monoisotopic (exact) mass is 236 g/mol. The van der Waals surface area contributed by atoms with E-state index < -0.39 is 17.9 Å². The van der Waals surface area contributed by atoms with Gasteiger partial charge in [0.1, 0.15) is 0 Å². The third-order valence-corrected chi connectivity index (χ3v) is 2.18. The van der Waals surface area contributed by atoms with Gasteiger partial charge in [-0.05, 0) is 31.9 Å². The Morgan fingerprint density at radius 1 is 1.41 bits per heavy atom. The SMILES string of the molecule is CCOC(=O)C(=O)c1cccc(CC(C)O)c1. The maximum atomic E-state index is 11.6. The van der Waals surface area contributed by atoms with Crippen LogP contribution in [-0.4, -0.2) is 29.6 Å². The summed E-state index contributed by atoms with van der Waals surface area (Å²) in [7, 11) is 0. The van der Waals surface area contributed by atoms with Gasteiger partial charge >= 0.3 is 5.97 Å². The topological polar surface area (TPSA) is 63.6 Å². The van der Waals surface area contributed by atoms with Gasteiger partial charge in [0.15, 0.2) is 0 Å². The molecule has 1 aromatic carbocycles. The molecule has 4 heteroatoms. The molecule has 0 bridgehead atoms. The Bertz CT molecular complexity index is 410. The van der Waals surface area contributed by atoms with E-state index in [2.05, 4.69) is 4.74 Å². The second-order valence-electron chi connectivity index (χ2n) is 3.80. The molecule has 0 radical (unpaired) electrons. The Hall–Kier alpha value is -1.68. The van der Waals surface area contributed by atoms with Crippen LogP contribution in [0.15, 0.2) is 24.3 Å². The molecular formula is C13H16O4. The summed E-state index contributed by atoms with van der Waals surface area (Å²) in [5.74, 6) is -1.50. The third kappa shape index (κ3) is 4.00. The van der Waals surface area contributed by atoms with E-state index in [4.69, 9.17) is 0 Å². The number of benzene rings is 1. The summed E-state index contributed by atoms with van der Waals surface area (Å²) >= 11 is 0. The van der Waals surface area contributed by atoms with Crippen molar-refractivity contribution in [1.82, 2.24) is 0 Å². The van der Waals surface area contributed by atoms with E-state index in [9.17, 15) is 14.7 Å². The van der Waals surface area contributed by atoms with E-state index in [0.29, 0.717) is 12.0 Å². The summed E-state index contributed by atoms with van der Waals surface area (Å²) in [6, 6.07) is 6.65. The van der Waals surface area contributed by atoms with Gasteiger partial charge in [-0.1, -0.05) is 18.2 Å². The van der Waals surface area contributed by atoms with Crippen molar-refractivity contribution in [1.29, 1.82) is 0 Å². The molecule has 1 rings (SSSR count). The minimum atomic E-state index is -0.846. The number of carbonyl (C=O) groups is 2. The smallest absolute Gasteiger partial charge is 0.379 e. The number of aliphatic hydroxyl groups is 1. The van der Waals surface area contributed by atoms with Crippen LogP contribution in [0.25, 0.3) is 0 Å². The van der Waals surface area contributed by atoms with Crippen molar-refractivity contribution >= 4 is 11.8 Å². The van der Waals surface area contributed by atoms with Crippen LogP contribution in [0.3, 0.4) is 0 Å². The molecule has 0 aliphatic rings. The van der Waals surface area contributed by atoms with Crippen LogP contribution in [0.5, 0.6) is 0 Å². The maximum absolute atomic E-state index is 11.6. The summed E-state index contributed by atoms with van der Waals surface area (Å²) in [6.07, 6.45) is -0.0350. The number of rotatable bonds is 5. The van der Waals surface area contributed by atoms with Crippen LogP contribution in [0.2, 0.25) is 0 Å². The number of Topliss-reactive ketones (excluding diaryl/α,β-unsaturated/α-hetero) is 1. The van der Waals surface area contributed by atoms with Crippen molar-refractivity contribution in [2.75, 3.05) is 6.61 Å². The van der Waals surface area contributed by atoms with Crippen molar-refractivity contribution in [3.8, 4) is 0 Å². The van der Waals surface area contributed by atoms with E-state index in [1.807, 2.05) is 0 Å². The molecule has 0 saturated carbocycles. The number of esters is 1. The molecule has 0 amide bonds. The van der Waals surface area contributed by atoms with Gasteiger partial charge in [-0.15, -0.1) is 0 Å². The van der Waals surface area contributed by atoms with Crippen molar-refractivity contribution in [3.63, 3.8) is 0 Å². The first-order valence-corrected chi connectivity index (χ1v) is 5.53. The average Bonchev–Trinajstić information content (AvgIpc) is 2.28. The maximum Gasteiger partial charge on any atom is 0.379 e. The number of hydrogen-bond acceptors (Lipinski definition) is 4. The van der Waals surface area contributed by atoms with Gasteiger partial charge < -0.3 is 9.84 Å². The zero-order chi connectivity index (χ0) is 12.8. The molecule has 0 saturated heterocycles. The Morgan fingerprint density at radius 3 is 2.71 bits per heavy atom. The van der Waals surface area contributed by atoms with Crippen LogP contribution in [0, 0.1) is 0 Å². The molecule has 1 unspecified atom stereocenters. The number of hydrogen-bond donors (Lipinski definition) is 1. The van der Waals surface area contributed by atoms with Gasteiger partial charge in [-0.3, -0.25) is 4.79 Å². The lowest BCUT2D eigenvalue weighted by atomic mass is 10.0. The van der Waals surface area contributed by atoms with Gasteiger partial charge in [0, 0.05) is 5.56 Å². The molecule has 4 nitrogen and oxygen atoms in total. The number of aliphatic hydroxyl groups excluding tert-OH is 1. The fourth-order valence-electron chi connectivity index (χ4n) is 1.50. The normalized spacial score (nSPS) is 11.9. The molecule has 0 aliphatic heterocycles. The molecule has 1 aromatic rings. The highest BCUT2D eigenvalue weighted by Gasteiger charge is 2.17. The molecular weight excluding hydrogens is 220 g/mol. The first kappa shape index (κ1) is 13.4. The van der Waals surface area contributed by atoms with Crippen molar-refractivity contribution in [2.45, 2.75) is 26.4 Å². The van der Waals surface area contributed by atoms with Crippen molar-refractivity contribution in [2.24, 2.45) is 0 Å². The molecule has 0 spiro atoms. The highest BCUT2D eigenvalue weighted by Crippen LogP contribution is 2.09. The lowest BCUT2D eigenvalue weighted by Crippen LogP contribution is -2.17. The van der Waals surface area contributed by atoms with E-state index in [1.54, 1.807) is 38.1 Å². The Balaban J connectivity index is 2.84. The average molecular weight is 236 g/mol.